The predicted octanol–water partition coefficient (Wildman–Crippen LogP) is 2.80. The first-order chi connectivity index (χ1) is 17.2. The number of anilines is 2. The van der Waals surface area contributed by atoms with Crippen molar-refractivity contribution in [1.82, 2.24) is 29.3 Å². The fourth-order valence-electron chi connectivity index (χ4n) is 4.19. The van der Waals surface area contributed by atoms with Crippen LogP contribution in [0.5, 0.6) is 0 Å². The van der Waals surface area contributed by atoms with Crippen molar-refractivity contribution in [1.29, 1.82) is 0 Å². The molecule has 1 aliphatic heterocycles. The lowest BCUT2D eigenvalue weighted by Gasteiger charge is -2.37. The van der Waals surface area contributed by atoms with Crippen LogP contribution in [0.4, 0.5) is 11.4 Å². The van der Waals surface area contributed by atoms with Gasteiger partial charge in [0.05, 0.1) is 64.9 Å². The summed E-state index contributed by atoms with van der Waals surface area (Å²) in [5.74, 6) is -0.441. The number of nitrogens with one attached hydrogen (secondary N) is 2. The molecule has 188 valence electrons. The summed E-state index contributed by atoms with van der Waals surface area (Å²) in [6.45, 7) is 8.07. The van der Waals surface area contributed by atoms with Gasteiger partial charge < -0.3 is 15.4 Å². The third-order valence-electron chi connectivity index (χ3n) is 5.92. The predicted molar refractivity (Wildman–Crippen MR) is 137 cm³/mol. The summed E-state index contributed by atoms with van der Waals surface area (Å²) in [5, 5.41) is 14.3. The van der Waals surface area contributed by atoms with Crippen molar-refractivity contribution in [3.8, 4) is 10.4 Å². The molecule has 0 spiro atoms. The van der Waals surface area contributed by atoms with Crippen molar-refractivity contribution in [3.63, 3.8) is 0 Å². The number of morpholine rings is 1. The standard InChI is InChI=1S/C24H28N8O3S/c1-15-19(7-17(9-25-15)28-21(33)13-31-5-6-35-24(2,3)14-31)29-22(34)18-10-27-32-12-20(36-23(18)32)16-8-26-30(4)11-16/h7-12H,5-6,13-14H2,1-4H3,(H,28,33)(H,29,34). The molecule has 0 aromatic carbocycles. The Labute approximate surface area is 212 Å². The van der Waals surface area contributed by atoms with Crippen molar-refractivity contribution in [2.45, 2.75) is 26.4 Å². The lowest BCUT2D eigenvalue weighted by atomic mass is 10.1. The first-order valence-electron chi connectivity index (χ1n) is 11.6. The number of carbonyl (C=O) groups is 2. The summed E-state index contributed by atoms with van der Waals surface area (Å²) in [6, 6.07) is 1.72. The smallest absolute Gasteiger partial charge is 0.260 e. The van der Waals surface area contributed by atoms with Crippen molar-refractivity contribution >= 4 is 39.4 Å². The third-order valence-corrected chi connectivity index (χ3v) is 7.08. The monoisotopic (exact) mass is 508 g/mol. The molecule has 0 saturated carbocycles. The molecule has 11 nitrogen and oxygen atoms in total. The van der Waals surface area contributed by atoms with Gasteiger partial charge in [-0.25, -0.2) is 4.52 Å². The van der Waals surface area contributed by atoms with E-state index in [1.807, 2.05) is 33.3 Å². The van der Waals surface area contributed by atoms with E-state index in [0.29, 0.717) is 42.3 Å². The van der Waals surface area contributed by atoms with E-state index in [1.165, 1.54) is 11.3 Å². The topological polar surface area (TPSA) is 119 Å². The highest BCUT2D eigenvalue weighted by Crippen LogP contribution is 2.30. The average Bonchev–Trinajstić information content (AvgIpc) is 3.50. The van der Waals surface area contributed by atoms with Crippen LogP contribution in [0.2, 0.25) is 0 Å². The van der Waals surface area contributed by atoms with E-state index >= 15 is 0 Å². The van der Waals surface area contributed by atoms with Crippen molar-refractivity contribution in [2.24, 2.45) is 7.05 Å². The van der Waals surface area contributed by atoms with Crippen molar-refractivity contribution < 1.29 is 14.3 Å². The lowest BCUT2D eigenvalue weighted by molar-refractivity contribution is -0.122. The van der Waals surface area contributed by atoms with E-state index in [-0.39, 0.29) is 24.0 Å². The summed E-state index contributed by atoms with van der Waals surface area (Å²) in [6.07, 6.45) is 8.71. The minimum Gasteiger partial charge on any atom is -0.373 e. The van der Waals surface area contributed by atoms with Gasteiger partial charge in [-0.3, -0.25) is 24.2 Å². The van der Waals surface area contributed by atoms with Gasteiger partial charge in [0, 0.05) is 38.1 Å². The zero-order valence-electron chi connectivity index (χ0n) is 20.6. The van der Waals surface area contributed by atoms with Gasteiger partial charge in [0.2, 0.25) is 5.91 Å². The van der Waals surface area contributed by atoms with Gasteiger partial charge in [-0.2, -0.15) is 10.2 Å². The van der Waals surface area contributed by atoms with Crippen LogP contribution in [0.15, 0.2) is 37.1 Å². The maximum atomic E-state index is 13.1. The minimum absolute atomic E-state index is 0.143. The van der Waals surface area contributed by atoms with Crippen molar-refractivity contribution in [2.75, 3.05) is 36.9 Å². The number of ether oxygens (including phenoxy) is 1. The van der Waals surface area contributed by atoms with Crippen LogP contribution in [0.1, 0.15) is 29.9 Å². The molecule has 4 aromatic rings. The number of rotatable bonds is 6. The Kier molecular flexibility index (Phi) is 6.33. The molecule has 36 heavy (non-hydrogen) atoms. The fraction of sp³-hybridized carbons (Fsp3) is 0.375. The Hall–Kier alpha value is -3.61. The van der Waals surface area contributed by atoms with E-state index in [4.69, 9.17) is 4.74 Å². The molecule has 2 N–H and O–H groups in total. The number of aryl methyl sites for hydroxylation is 2. The first kappa shape index (κ1) is 24.1. The second-order valence-electron chi connectivity index (χ2n) is 9.48. The lowest BCUT2D eigenvalue weighted by Crippen LogP contribution is -2.50. The molecule has 2 amide bonds. The molecular formula is C24H28N8O3S. The average molecular weight is 509 g/mol. The van der Waals surface area contributed by atoms with E-state index in [9.17, 15) is 9.59 Å². The molecule has 0 unspecified atom stereocenters. The molecule has 0 bridgehead atoms. The second-order valence-corrected chi connectivity index (χ2v) is 10.5. The van der Waals surface area contributed by atoms with Crippen LogP contribution < -0.4 is 10.6 Å². The Bertz CT molecular complexity index is 1440. The normalized spacial score (nSPS) is 15.8. The van der Waals surface area contributed by atoms with Crippen LogP contribution in [-0.2, 0) is 16.6 Å². The zero-order valence-corrected chi connectivity index (χ0v) is 21.4. The van der Waals surface area contributed by atoms with Crippen LogP contribution in [0.25, 0.3) is 15.3 Å². The van der Waals surface area contributed by atoms with Crippen LogP contribution in [0.3, 0.4) is 0 Å². The quantitative estimate of drug-likeness (QED) is 0.411. The summed E-state index contributed by atoms with van der Waals surface area (Å²) in [5.41, 5.74) is 2.82. The summed E-state index contributed by atoms with van der Waals surface area (Å²) in [7, 11) is 1.86. The number of carbonyl (C=O) groups excluding carboxylic acids is 2. The number of fused-ring (bicyclic) bond motifs is 1. The van der Waals surface area contributed by atoms with E-state index < -0.39 is 0 Å². The Morgan fingerprint density at radius 2 is 2.00 bits per heavy atom. The highest BCUT2D eigenvalue weighted by Gasteiger charge is 2.28. The minimum atomic E-state index is -0.298. The number of thiazole rings is 1. The SMILES string of the molecule is Cc1ncc(NC(=O)CN2CCOC(C)(C)C2)cc1NC(=O)c1cnn2cc(-c3cnn(C)c3)sc12. The molecule has 1 fully saturated rings. The molecule has 5 heterocycles. The van der Waals surface area contributed by atoms with Gasteiger partial charge in [-0.05, 0) is 26.8 Å². The van der Waals surface area contributed by atoms with Gasteiger partial charge in [0.1, 0.15) is 4.83 Å². The largest absolute Gasteiger partial charge is 0.373 e. The van der Waals surface area contributed by atoms with E-state index in [1.54, 1.807) is 40.8 Å². The number of pyridine rings is 1. The molecule has 12 heteroatoms. The molecular weight excluding hydrogens is 480 g/mol. The zero-order chi connectivity index (χ0) is 25.4. The summed E-state index contributed by atoms with van der Waals surface area (Å²) < 4.78 is 9.13. The van der Waals surface area contributed by atoms with Gasteiger partial charge >= 0.3 is 0 Å². The van der Waals surface area contributed by atoms with Gasteiger partial charge in [0.25, 0.3) is 5.91 Å². The van der Waals surface area contributed by atoms with Crippen LogP contribution in [-0.4, -0.2) is 72.9 Å². The second kappa shape index (κ2) is 9.45. The maximum absolute atomic E-state index is 13.1. The Morgan fingerprint density at radius 1 is 1.17 bits per heavy atom. The molecule has 4 aromatic heterocycles. The number of aromatic nitrogens is 5. The number of amides is 2. The van der Waals surface area contributed by atoms with E-state index in [2.05, 4.69) is 30.7 Å². The van der Waals surface area contributed by atoms with E-state index in [0.717, 1.165) is 15.3 Å². The van der Waals surface area contributed by atoms with Crippen LogP contribution in [0, 0.1) is 6.92 Å². The Balaban J connectivity index is 1.28. The maximum Gasteiger partial charge on any atom is 0.260 e. The van der Waals surface area contributed by atoms with Crippen LogP contribution >= 0.6 is 11.3 Å². The number of hydrogen-bond acceptors (Lipinski definition) is 8. The van der Waals surface area contributed by atoms with Gasteiger partial charge in [-0.15, -0.1) is 11.3 Å². The third kappa shape index (κ3) is 5.15. The molecule has 0 aliphatic carbocycles. The van der Waals surface area contributed by atoms with Gasteiger partial charge in [0.15, 0.2) is 0 Å². The molecule has 1 aliphatic rings. The van der Waals surface area contributed by atoms with Gasteiger partial charge in [-0.1, -0.05) is 0 Å². The highest BCUT2D eigenvalue weighted by atomic mass is 32.1. The van der Waals surface area contributed by atoms with Crippen molar-refractivity contribution in [3.05, 3.63) is 48.3 Å². The summed E-state index contributed by atoms with van der Waals surface area (Å²) in [4.78, 5) is 33.9. The molecule has 0 radical (unpaired) electrons. The number of hydrogen-bond donors (Lipinski definition) is 2. The molecule has 0 atom stereocenters. The molecule has 1 saturated heterocycles. The summed E-state index contributed by atoms with van der Waals surface area (Å²) >= 11 is 1.47. The fourth-order valence-corrected chi connectivity index (χ4v) is 5.23. The highest BCUT2D eigenvalue weighted by molar-refractivity contribution is 7.21. The molecule has 5 rings (SSSR count). The number of nitrogens with zero attached hydrogens (tertiary/aromatic N) is 6. The Morgan fingerprint density at radius 3 is 2.75 bits per heavy atom. The first-order valence-corrected chi connectivity index (χ1v) is 12.4.